The van der Waals surface area contributed by atoms with E-state index < -0.39 is 0 Å². The second-order valence-electron chi connectivity index (χ2n) is 5.20. The van der Waals surface area contributed by atoms with Crippen LogP contribution in [0.15, 0.2) is 48.8 Å². The smallest absolute Gasteiger partial charge is 0.0359 e. The second-order valence-corrected chi connectivity index (χ2v) is 5.20. The number of rotatable bonds is 5. The van der Waals surface area contributed by atoms with Gasteiger partial charge in [-0.15, -0.1) is 0 Å². The number of nitrogens with two attached hydrogens (primary N) is 1. The molecule has 0 atom stereocenters. The molecule has 1 aromatic heterocycles. The van der Waals surface area contributed by atoms with Gasteiger partial charge in [-0.25, -0.2) is 0 Å². The van der Waals surface area contributed by atoms with Crippen LogP contribution in [0.2, 0.25) is 0 Å². The molecule has 3 rings (SSSR count). The predicted molar refractivity (Wildman–Crippen MR) is 77.4 cm³/mol. The van der Waals surface area contributed by atoms with E-state index in [4.69, 9.17) is 5.73 Å². The molecule has 1 saturated carbocycles. The minimum atomic E-state index is 0.708. The van der Waals surface area contributed by atoms with Crippen molar-refractivity contribution >= 4 is 5.69 Å². The number of anilines is 1. The third-order valence-electron chi connectivity index (χ3n) is 3.60. The molecule has 3 nitrogen and oxygen atoms in total. The summed E-state index contributed by atoms with van der Waals surface area (Å²) in [7, 11) is 0. The lowest BCUT2D eigenvalue weighted by atomic mass is 10.1. The van der Waals surface area contributed by atoms with Gasteiger partial charge in [-0.05, 0) is 36.1 Å². The van der Waals surface area contributed by atoms with Crippen LogP contribution < -0.4 is 5.73 Å². The molecule has 0 aliphatic heterocycles. The molecule has 0 saturated heterocycles. The van der Waals surface area contributed by atoms with E-state index in [9.17, 15) is 0 Å². The Morgan fingerprint density at radius 1 is 1.11 bits per heavy atom. The van der Waals surface area contributed by atoms with Gasteiger partial charge in [0, 0.05) is 37.2 Å². The summed E-state index contributed by atoms with van der Waals surface area (Å²) in [6, 6.07) is 13.0. The zero-order chi connectivity index (χ0) is 13.1. The fourth-order valence-electron chi connectivity index (χ4n) is 2.38. The summed E-state index contributed by atoms with van der Waals surface area (Å²) >= 11 is 0. The molecule has 0 bridgehead atoms. The Labute approximate surface area is 114 Å². The average Bonchev–Trinajstić information content (AvgIpc) is 3.26. The van der Waals surface area contributed by atoms with E-state index in [2.05, 4.69) is 28.1 Å². The monoisotopic (exact) mass is 253 g/mol. The highest BCUT2D eigenvalue weighted by molar-refractivity contribution is 5.46. The number of hydrogen-bond donors (Lipinski definition) is 1. The van der Waals surface area contributed by atoms with Crippen LogP contribution in [-0.2, 0) is 13.1 Å². The van der Waals surface area contributed by atoms with Crippen molar-refractivity contribution in [1.82, 2.24) is 9.88 Å². The van der Waals surface area contributed by atoms with Gasteiger partial charge >= 0.3 is 0 Å². The van der Waals surface area contributed by atoms with Gasteiger partial charge in [0.05, 0.1) is 0 Å². The number of benzene rings is 1. The van der Waals surface area contributed by atoms with Gasteiger partial charge in [0.15, 0.2) is 0 Å². The molecule has 0 amide bonds. The van der Waals surface area contributed by atoms with Crippen molar-refractivity contribution in [2.24, 2.45) is 0 Å². The minimum Gasteiger partial charge on any atom is -0.398 e. The lowest BCUT2D eigenvalue weighted by Crippen LogP contribution is -2.25. The summed E-state index contributed by atoms with van der Waals surface area (Å²) in [6.07, 6.45) is 6.36. The van der Waals surface area contributed by atoms with Crippen molar-refractivity contribution in [2.75, 3.05) is 5.73 Å². The first-order valence-electron chi connectivity index (χ1n) is 6.79. The fraction of sp³-hybridized carbons (Fsp3) is 0.312. The molecule has 1 aliphatic carbocycles. The first kappa shape index (κ1) is 12.2. The predicted octanol–water partition coefficient (Wildman–Crippen LogP) is 2.83. The van der Waals surface area contributed by atoms with Gasteiger partial charge in [-0.1, -0.05) is 24.3 Å². The van der Waals surface area contributed by atoms with Crippen molar-refractivity contribution < 1.29 is 0 Å². The Morgan fingerprint density at radius 2 is 1.95 bits per heavy atom. The van der Waals surface area contributed by atoms with Gasteiger partial charge in [0.1, 0.15) is 0 Å². The summed E-state index contributed by atoms with van der Waals surface area (Å²) in [5, 5.41) is 0. The molecule has 1 heterocycles. The Balaban J connectivity index is 1.73. The molecule has 2 aromatic rings. The van der Waals surface area contributed by atoms with E-state index in [0.29, 0.717) is 6.04 Å². The van der Waals surface area contributed by atoms with Crippen LogP contribution in [0.25, 0.3) is 0 Å². The maximum absolute atomic E-state index is 6.04. The molecule has 2 N–H and O–H groups in total. The van der Waals surface area contributed by atoms with Crippen molar-refractivity contribution in [3.8, 4) is 0 Å². The van der Waals surface area contributed by atoms with Crippen molar-refractivity contribution in [2.45, 2.75) is 32.0 Å². The highest BCUT2D eigenvalue weighted by Gasteiger charge is 2.29. The third kappa shape index (κ3) is 3.12. The van der Waals surface area contributed by atoms with E-state index >= 15 is 0 Å². The molecular weight excluding hydrogens is 234 g/mol. The second kappa shape index (κ2) is 5.41. The Hall–Kier alpha value is -1.87. The number of para-hydroxylation sites is 1. The molecule has 0 unspecified atom stereocenters. The summed E-state index contributed by atoms with van der Waals surface area (Å²) in [6.45, 7) is 1.87. The zero-order valence-corrected chi connectivity index (χ0v) is 11.0. The van der Waals surface area contributed by atoms with E-state index in [1.54, 1.807) is 0 Å². The van der Waals surface area contributed by atoms with Crippen molar-refractivity contribution in [3.05, 3.63) is 59.9 Å². The minimum absolute atomic E-state index is 0.708. The van der Waals surface area contributed by atoms with Crippen LogP contribution in [0, 0.1) is 0 Å². The van der Waals surface area contributed by atoms with Gasteiger partial charge < -0.3 is 5.73 Å². The van der Waals surface area contributed by atoms with Gasteiger partial charge in [-0.2, -0.15) is 0 Å². The van der Waals surface area contributed by atoms with E-state index in [0.717, 1.165) is 18.8 Å². The third-order valence-corrected chi connectivity index (χ3v) is 3.60. The molecule has 3 heteroatoms. The molecule has 98 valence electrons. The first-order valence-corrected chi connectivity index (χ1v) is 6.79. The topological polar surface area (TPSA) is 42.1 Å². The van der Waals surface area contributed by atoms with E-state index in [1.807, 2.05) is 30.6 Å². The lowest BCUT2D eigenvalue weighted by Gasteiger charge is -2.22. The highest BCUT2D eigenvalue weighted by Crippen LogP contribution is 2.30. The van der Waals surface area contributed by atoms with E-state index in [-0.39, 0.29) is 0 Å². The Morgan fingerprint density at radius 3 is 2.63 bits per heavy atom. The molecule has 1 aliphatic rings. The average molecular weight is 253 g/mol. The number of pyridine rings is 1. The van der Waals surface area contributed by atoms with Gasteiger partial charge in [0.2, 0.25) is 0 Å². The number of hydrogen-bond acceptors (Lipinski definition) is 3. The summed E-state index contributed by atoms with van der Waals surface area (Å²) in [5.41, 5.74) is 9.42. The van der Waals surface area contributed by atoms with Crippen LogP contribution in [0.3, 0.4) is 0 Å². The van der Waals surface area contributed by atoms with Gasteiger partial charge in [0.25, 0.3) is 0 Å². The number of aromatic nitrogens is 1. The number of nitrogen functional groups attached to an aromatic ring is 1. The van der Waals surface area contributed by atoms with Crippen molar-refractivity contribution in [1.29, 1.82) is 0 Å². The van der Waals surface area contributed by atoms with Crippen LogP contribution in [0.4, 0.5) is 5.69 Å². The van der Waals surface area contributed by atoms with Crippen LogP contribution in [0.5, 0.6) is 0 Å². The first-order chi connectivity index (χ1) is 9.33. The zero-order valence-electron chi connectivity index (χ0n) is 11.0. The highest BCUT2D eigenvalue weighted by atomic mass is 15.2. The number of nitrogens with zero attached hydrogens (tertiary/aromatic N) is 2. The molecule has 1 fully saturated rings. The Kier molecular flexibility index (Phi) is 3.47. The van der Waals surface area contributed by atoms with Crippen LogP contribution in [-0.4, -0.2) is 15.9 Å². The maximum Gasteiger partial charge on any atom is 0.0359 e. The standard InChI is InChI=1S/C16H19N3/c17-16-6-2-1-5-14(16)12-19(15-7-8-15)11-13-4-3-9-18-10-13/h1-6,9-10,15H,7-8,11-12,17H2. The lowest BCUT2D eigenvalue weighted by molar-refractivity contribution is 0.246. The van der Waals surface area contributed by atoms with Crippen LogP contribution in [0.1, 0.15) is 24.0 Å². The SMILES string of the molecule is Nc1ccccc1CN(Cc1cccnc1)C1CC1. The largest absolute Gasteiger partial charge is 0.398 e. The maximum atomic E-state index is 6.04. The van der Waals surface area contributed by atoms with Gasteiger partial charge in [-0.3, -0.25) is 9.88 Å². The molecule has 19 heavy (non-hydrogen) atoms. The van der Waals surface area contributed by atoms with Crippen LogP contribution >= 0.6 is 0 Å². The Bertz CT molecular complexity index is 535. The molecule has 0 spiro atoms. The quantitative estimate of drug-likeness (QED) is 0.833. The normalized spacial score (nSPS) is 14.8. The summed E-state index contributed by atoms with van der Waals surface area (Å²) in [4.78, 5) is 6.69. The fourth-order valence-corrected chi connectivity index (χ4v) is 2.38. The molecule has 0 radical (unpaired) electrons. The molecular formula is C16H19N3. The summed E-state index contributed by atoms with van der Waals surface area (Å²) in [5.74, 6) is 0. The molecule has 1 aromatic carbocycles. The van der Waals surface area contributed by atoms with E-state index in [1.165, 1.54) is 24.0 Å². The summed E-state index contributed by atoms with van der Waals surface area (Å²) < 4.78 is 0. The van der Waals surface area contributed by atoms with Crippen molar-refractivity contribution in [3.63, 3.8) is 0 Å².